The van der Waals surface area contributed by atoms with Gasteiger partial charge >= 0.3 is 0 Å². The van der Waals surface area contributed by atoms with E-state index in [1.807, 2.05) is 42.1 Å². The van der Waals surface area contributed by atoms with E-state index >= 15 is 0 Å². The first-order valence-corrected chi connectivity index (χ1v) is 10.7. The Bertz CT molecular complexity index is 1010. The number of aryl methyl sites for hydroxylation is 1. The van der Waals surface area contributed by atoms with E-state index in [0.29, 0.717) is 31.1 Å². The first-order chi connectivity index (χ1) is 14.6. The lowest BCUT2D eigenvalue weighted by molar-refractivity contribution is 0.0345. The number of ether oxygens (including phenoxy) is 2. The van der Waals surface area contributed by atoms with Gasteiger partial charge in [0.05, 0.1) is 5.54 Å². The van der Waals surface area contributed by atoms with Crippen molar-refractivity contribution in [2.24, 2.45) is 7.05 Å². The molecule has 30 heavy (non-hydrogen) atoms. The highest BCUT2D eigenvalue weighted by Gasteiger charge is 2.36. The van der Waals surface area contributed by atoms with Crippen LogP contribution in [0, 0.1) is 0 Å². The second-order valence-corrected chi connectivity index (χ2v) is 8.34. The third kappa shape index (κ3) is 4.57. The number of imidazole rings is 1. The lowest BCUT2D eigenvalue weighted by atomic mass is 9.82. The number of benzene rings is 2. The number of nitrogens with one attached hydrogen (secondary N) is 1. The predicted octanol–water partition coefficient (Wildman–Crippen LogP) is 4.20. The summed E-state index contributed by atoms with van der Waals surface area (Å²) in [5, 5.41) is 3.28. The Balaban J connectivity index is 1.47. The maximum atomic E-state index is 13.1. The number of aromatic nitrogens is 2. The van der Waals surface area contributed by atoms with Gasteiger partial charge in [-0.2, -0.15) is 0 Å². The summed E-state index contributed by atoms with van der Waals surface area (Å²) >= 11 is 3.54. The maximum absolute atomic E-state index is 13.1. The molecule has 0 unspecified atom stereocenters. The molecule has 156 valence electrons. The van der Waals surface area contributed by atoms with Crippen molar-refractivity contribution in [3.8, 4) is 5.75 Å². The summed E-state index contributed by atoms with van der Waals surface area (Å²) in [5.41, 5.74) is 1.25. The Morgan fingerprint density at radius 1 is 1.23 bits per heavy atom. The Morgan fingerprint density at radius 2 is 2.00 bits per heavy atom. The highest BCUT2D eigenvalue weighted by Crippen LogP contribution is 2.34. The van der Waals surface area contributed by atoms with E-state index in [1.165, 1.54) is 0 Å². The molecule has 1 aromatic heterocycles. The molecule has 7 heteroatoms. The van der Waals surface area contributed by atoms with Crippen molar-refractivity contribution in [3.05, 3.63) is 82.3 Å². The van der Waals surface area contributed by atoms with Crippen LogP contribution < -0.4 is 10.1 Å². The zero-order valence-electron chi connectivity index (χ0n) is 16.8. The fraction of sp³-hybridized carbons (Fsp3) is 0.304. The normalized spacial score (nSPS) is 15.5. The smallest absolute Gasteiger partial charge is 0.251 e. The lowest BCUT2D eigenvalue weighted by Gasteiger charge is -2.38. The van der Waals surface area contributed by atoms with Crippen LogP contribution in [0.25, 0.3) is 0 Å². The van der Waals surface area contributed by atoms with Gasteiger partial charge in [-0.3, -0.25) is 4.79 Å². The first kappa shape index (κ1) is 20.6. The number of carbonyl (C=O) groups excluding carboxylic acids is 1. The fourth-order valence-electron chi connectivity index (χ4n) is 3.67. The monoisotopic (exact) mass is 469 g/mol. The molecule has 1 saturated heterocycles. The molecule has 6 nitrogen and oxygen atoms in total. The molecule has 1 amide bonds. The summed E-state index contributed by atoms with van der Waals surface area (Å²) in [6.45, 7) is 1.61. The van der Waals surface area contributed by atoms with Crippen LogP contribution in [0.2, 0.25) is 0 Å². The molecule has 0 spiro atoms. The van der Waals surface area contributed by atoms with Gasteiger partial charge in [-0.25, -0.2) is 4.98 Å². The first-order valence-electron chi connectivity index (χ1n) is 9.91. The van der Waals surface area contributed by atoms with Crippen LogP contribution in [-0.4, -0.2) is 28.7 Å². The third-order valence-electron chi connectivity index (χ3n) is 5.48. The highest BCUT2D eigenvalue weighted by atomic mass is 79.9. The quantitative estimate of drug-likeness (QED) is 0.587. The van der Waals surface area contributed by atoms with Gasteiger partial charge in [0.1, 0.15) is 18.2 Å². The number of nitrogens with zero attached hydrogens (tertiary/aromatic N) is 2. The minimum atomic E-state index is -0.438. The second-order valence-electron chi connectivity index (χ2n) is 7.43. The highest BCUT2D eigenvalue weighted by molar-refractivity contribution is 9.10. The Morgan fingerprint density at radius 3 is 2.67 bits per heavy atom. The average molecular weight is 470 g/mol. The predicted molar refractivity (Wildman–Crippen MR) is 117 cm³/mol. The number of amides is 1. The summed E-state index contributed by atoms with van der Waals surface area (Å²) in [7, 11) is 1.93. The topological polar surface area (TPSA) is 65.4 Å². The standard InChI is InChI=1S/C23H24BrN3O3/c1-27-12-11-25-21(27)16-30-20-7-5-17(6-8-20)22(28)26-23(9-13-29-14-10-23)18-3-2-4-19(24)15-18/h2-8,11-12,15H,9-10,13-14,16H2,1H3,(H,26,28). The molecule has 2 heterocycles. The molecule has 4 rings (SSSR count). The van der Waals surface area contributed by atoms with E-state index < -0.39 is 5.54 Å². The molecule has 3 aromatic rings. The van der Waals surface area contributed by atoms with Crippen molar-refractivity contribution in [2.75, 3.05) is 13.2 Å². The number of carbonyl (C=O) groups is 1. The van der Waals surface area contributed by atoms with Gasteiger partial charge in [0, 0.05) is 42.7 Å². The lowest BCUT2D eigenvalue weighted by Crippen LogP contribution is -2.49. The average Bonchev–Trinajstić information content (AvgIpc) is 3.18. The van der Waals surface area contributed by atoms with Crippen LogP contribution in [0.5, 0.6) is 5.75 Å². The van der Waals surface area contributed by atoms with Crippen molar-refractivity contribution in [2.45, 2.75) is 25.0 Å². The third-order valence-corrected chi connectivity index (χ3v) is 5.98. The summed E-state index contributed by atoms with van der Waals surface area (Å²) in [6.07, 6.45) is 5.09. The van der Waals surface area contributed by atoms with E-state index in [9.17, 15) is 4.79 Å². The Kier molecular flexibility index (Phi) is 6.20. The fourth-order valence-corrected chi connectivity index (χ4v) is 4.07. The van der Waals surface area contributed by atoms with E-state index in [4.69, 9.17) is 9.47 Å². The van der Waals surface area contributed by atoms with Gasteiger partial charge in [-0.1, -0.05) is 28.1 Å². The maximum Gasteiger partial charge on any atom is 0.251 e. The van der Waals surface area contributed by atoms with Gasteiger partial charge < -0.3 is 19.4 Å². The SMILES string of the molecule is Cn1ccnc1COc1ccc(C(=O)NC2(c3cccc(Br)c3)CCOCC2)cc1. The van der Waals surface area contributed by atoms with Crippen molar-refractivity contribution in [1.29, 1.82) is 0 Å². The molecule has 1 N–H and O–H groups in total. The van der Waals surface area contributed by atoms with E-state index in [2.05, 4.69) is 38.4 Å². The number of hydrogen-bond acceptors (Lipinski definition) is 4. The number of rotatable bonds is 6. The minimum Gasteiger partial charge on any atom is -0.486 e. The molecular weight excluding hydrogens is 446 g/mol. The molecule has 1 aliphatic heterocycles. The van der Waals surface area contributed by atoms with Crippen LogP contribution in [0.4, 0.5) is 0 Å². The Hall–Kier alpha value is -2.64. The van der Waals surface area contributed by atoms with Gasteiger partial charge in [0.15, 0.2) is 0 Å². The van der Waals surface area contributed by atoms with Gasteiger partial charge in [0.25, 0.3) is 5.91 Å². The van der Waals surface area contributed by atoms with Crippen molar-refractivity contribution in [1.82, 2.24) is 14.9 Å². The van der Waals surface area contributed by atoms with Crippen molar-refractivity contribution >= 4 is 21.8 Å². The van der Waals surface area contributed by atoms with Gasteiger partial charge in [-0.15, -0.1) is 0 Å². The van der Waals surface area contributed by atoms with Crippen LogP contribution in [-0.2, 0) is 23.9 Å². The minimum absolute atomic E-state index is 0.104. The largest absolute Gasteiger partial charge is 0.486 e. The summed E-state index contributed by atoms with van der Waals surface area (Å²) in [5.74, 6) is 1.43. The molecule has 0 atom stereocenters. The summed E-state index contributed by atoms with van der Waals surface area (Å²) < 4.78 is 14.2. The van der Waals surface area contributed by atoms with Crippen LogP contribution in [0.1, 0.15) is 34.6 Å². The van der Waals surface area contributed by atoms with E-state index in [1.54, 1.807) is 18.3 Å². The van der Waals surface area contributed by atoms with Crippen molar-refractivity contribution < 1.29 is 14.3 Å². The van der Waals surface area contributed by atoms with Gasteiger partial charge in [-0.05, 0) is 54.8 Å². The summed E-state index contributed by atoms with van der Waals surface area (Å²) in [6, 6.07) is 15.3. The van der Waals surface area contributed by atoms with E-state index in [-0.39, 0.29) is 5.91 Å². The number of halogens is 1. The van der Waals surface area contributed by atoms with Crippen molar-refractivity contribution in [3.63, 3.8) is 0 Å². The second kappa shape index (κ2) is 9.02. The molecule has 1 aliphatic rings. The number of hydrogen-bond donors (Lipinski definition) is 1. The molecule has 1 fully saturated rings. The van der Waals surface area contributed by atoms with Crippen LogP contribution in [0.15, 0.2) is 65.4 Å². The van der Waals surface area contributed by atoms with E-state index in [0.717, 1.165) is 28.7 Å². The Labute approximate surface area is 184 Å². The zero-order valence-corrected chi connectivity index (χ0v) is 18.4. The summed E-state index contributed by atoms with van der Waals surface area (Å²) in [4.78, 5) is 17.3. The molecule has 0 bridgehead atoms. The zero-order chi connectivity index (χ0) is 21.0. The van der Waals surface area contributed by atoms with Crippen LogP contribution in [0.3, 0.4) is 0 Å². The van der Waals surface area contributed by atoms with Gasteiger partial charge in [0.2, 0.25) is 0 Å². The van der Waals surface area contributed by atoms with Crippen LogP contribution >= 0.6 is 15.9 Å². The molecule has 0 saturated carbocycles. The molecule has 2 aromatic carbocycles. The molecule has 0 radical (unpaired) electrons. The molecule has 0 aliphatic carbocycles. The molecular formula is C23H24BrN3O3.